The number of aromatic nitrogens is 1. The lowest BCUT2D eigenvalue weighted by molar-refractivity contribution is 0.304. The van der Waals surface area contributed by atoms with Gasteiger partial charge in [-0.1, -0.05) is 17.7 Å². The maximum atomic E-state index is 9.02. The summed E-state index contributed by atoms with van der Waals surface area (Å²) in [5.74, 6) is 0.820. The number of nitrogens with zero attached hydrogens (tertiary/aromatic N) is 2. The lowest BCUT2D eigenvalue weighted by atomic mass is 10.1. The Morgan fingerprint density at radius 1 is 1.39 bits per heavy atom. The van der Waals surface area contributed by atoms with E-state index in [0.29, 0.717) is 11.6 Å². The fourth-order valence-electron chi connectivity index (χ4n) is 1.96. The van der Waals surface area contributed by atoms with Crippen molar-refractivity contribution >= 4 is 33.9 Å². The smallest absolute Gasteiger partial charge is 0.136 e. The molecule has 0 unspecified atom stereocenters. The summed E-state index contributed by atoms with van der Waals surface area (Å²) < 4.78 is 0. The summed E-state index contributed by atoms with van der Waals surface area (Å²) in [6, 6.07) is 5.73. The standard InChI is InChI=1S/C13H16ClN3O/c1-15-12-8-16-13(17(2)5-6-18)11-7-9(14)3-4-10(11)12/h3-4,7-8,15,18H,5-6H2,1-2H3. The van der Waals surface area contributed by atoms with Crippen LogP contribution in [0.3, 0.4) is 0 Å². The van der Waals surface area contributed by atoms with Gasteiger partial charge in [0.05, 0.1) is 18.5 Å². The van der Waals surface area contributed by atoms with Crippen LogP contribution in [0.1, 0.15) is 0 Å². The molecule has 1 aromatic heterocycles. The minimum atomic E-state index is 0.0913. The predicted molar refractivity (Wildman–Crippen MR) is 76.7 cm³/mol. The zero-order valence-corrected chi connectivity index (χ0v) is 11.2. The fraction of sp³-hybridized carbons (Fsp3) is 0.308. The first kappa shape index (κ1) is 12.9. The first-order chi connectivity index (χ1) is 8.67. The molecule has 0 amide bonds. The van der Waals surface area contributed by atoms with Gasteiger partial charge in [0.15, 0.2) is 0 Å². The van der Waals surface area contributed by atoms with Crippen LogP contribution in [-0.4, -0.2) is 37.3 Å². The molecule has 18 heavy (non-hydrogen) atoms. The van der Waals surface area contributed by atoms with Gasteiger partial charge in [-0.25, -0.2) is 4.98 Å². The van der Waals surface area contributed by atoms with E-state index in [1.54, 1.807) is 6.20 Å². The molecule has 4 nitrogen and oxygen atoms in total. The van der Waals surface area contributed by atoms with Crippen molar-refractivity contribution in [3.05, 3.63) is 29.4 Å². The van der Waals surface area contributed by atoms with E-state index >= 15 is 0 Å². The van der Waals surface area contributed by atoms with Crippen molar-refractivity contribution in [3.8, 4) is 0 Å². The number of aliphatic hydroxyl groups is 1. The zero-order chi connectivity index (χ0) is 13.1. The summed E-state index contributed by atoms with van der Waals surface area (Å²) in [6.45, 7) is 0.627. The third kappa shape index (κ3) is 2.35. The Bertz CT molecular complexity index is 559. The van der Waals surface area contributed by atoms with E-state index in [-0.39, 0.29) is 6.61 Å². The van der Waals surface area contributed by atoms with Crippen LogP contribution >= 0.6 is 11.6 Å². The molecule has 0 aliphatic heterocycles. The van der Waals surface area contributed by atoms with Gasteiger partial charge in [0.1, 0.15) is 5.82 Å². The number of hydrogen-bond acceptors (Lipinski definition) is 4. The number of benzene rings is 1. The second kappa shape index (κ2) is 5.42. The third-order valence-electron chi connectivity index (χ3n) is 2.89. The van der Waals surface area contributed by atoms with Gasteiger partial charge < -0.3 is 15.3 Å². The highest BCUT2D eigenvalue weighted by Gasteiger charge is 2.10. The first-order valence-corrected chi connectivity index (χ1v) is 6.13. The molecule has 0 fully saturated rings. The summed E-state index contributed by atoms with van der Waals surface area (Å²) >= 11 is 6.05. The van der Waals surface area contributed by atoms with Gasteiger partial charge in [-0.2, -0.15) is 0 Å². The fourth-order valence-corrected chi connectivity index (χ4v) is 2.13. The van der Waals surface area contributed by atoms with Gasteiger partial charge in [0, 0.05) is 36.4 Å². The van der Waals surface area contributed by atoms with Crippen molar-refractivity contribution in [1.29, 1.82) is 0 Å². The lowest BCUT2D eigenvalue weighted by Gasteiger charge is -2.20. The van der Waals surface area contributed by atoms with Gasteiger partial charge in [-0.15, -0.1) is 0 Å². The molecule has 0 saturated carbocycles. The van der Waals surface area contributed by atoms with Crippen LogP contribution in [0.15, 0.2) is 24.4 Å². The number of rotatable bonds is 4. The summed E-state index contributed by atoms with van der Waals surface area (Å²) in [5, 5.41) is 14.9. The number of fused-ring (bicyclic) bond motifs is 1. The Labute approximate surface area is 111 Å². The van der Waals surface area contributed by atoms with Crippen molar-refractivity contribution in [2.24, 2.45) is 0 Å². The molecule has 0 aliphatic rings. The van der Waals surface area contributed by atoms with Crippen molar-refractivity contribution in [2.75, 3.05) is 37.5 Å². The number of halogens is 1. The average molecular weight is 266 g/mol. The normalized spacial score (nSPS) is 10.7. The molecule has 0 bridgehead atoms. The van der Waals surface area contributed by atoms with Crippen molar-refractivity contribution in [1.82, 2.24) is 4.98 Å². The van der Waals surface area contributed by atoms with E-state index < -0.39 is 0 Å². The Balaban J connectivity index is 2.64. The highest BCUT2D eigenvalue weighted by atomic mass is 35.5. The summed E-state index contributed by atoms with van der Waals surface area (Å²) in [7, 11) is 3.76. The summed E-state index contributed by atoms with van der Waals surface area (Å²) in [5.41, 5.74) is 0.961. The van der Waals surface area contributed by atoms with Gasteiger partial charge >= 0.3 is 0 Å². The van der Waals surface area contributed by atoms with Crippen LogP contribution in [0.5, 0.6) is 0 Å². The molecule has 1 heterocycles. The maximum absolute atomic E-state index is 9.02. The molecular weight excluding hydrogens is 250 g/mol. The largest absolute Gasteiger partial charge is 0.395 e. The molecule has 0 atom stereocenters. The number of anilines is 2. The summed E-state index contributed by atoms with van der Waals surface area (Å²) in [6.07, 6.45) is 1.79. The van der Waals surface area contributed by atoms with Crippen LogP contribution in [0.2, 0.25) is 5.02 Å². The van der Waals surface area contributed by atoms with E-state index in [9.17, 15) is 0 Å². The monoisotopic (exact) mass is 265 g/mol. The summed E-state index contributed by atoms with van der Waals surface area (Å²) in [4.78, 5) is 6.35. The Morgan fingerprint density at radius 3 is 2.83 bits per heavy atom. The molecule has 2 aromatic rings. The molecule has 0 saturated heterocycles. The number of likely N-dealkylation sites (N-methyl/N-ethyl adjacent to an activating group) is 1. The molecule has 5 heteroatoms. The van der Waals surface area contributed by atoms with Crippen molar-refractivity contribution in [2.45, 2.75) is 0 Å². The zero-order valence-electron chi connectivity index (χ0n) is 10.4. The predicted octanol–water partition coefficient (Wildman–Crippen LogP) is 2.36. The third-order valence-corrected chi connectivity index (χ3v) is 3.13. The first-order valence-electron chi connectivity index (χ1n) is 5.75. The average Bonchev–Trinajstić information content (AvgIpc) is 2.37. The lowest BCUT2D eigenvalue weighted by Crippen LogP contribution is -2.22. The Morgan fingerprint density at radius 2 is 2.17 bits per heavy atom. The Kier molecular flexibility index (Phi) is 3.89. The van der Waals surface area contributed by atoms with E-state index in [0.717, 1.165) is 22.3 Å². The quantitative estimate of drug-likeness (QED) is 0.891. The van der Waals surface area contributed by atoms with Crippen LogP contribution in [-0.2, 0) is 0 Å². The Hall–Kier alpha value is -1.52. The minimum absolute atomic E-state index is 0.0913. The van der Waals surface area contributed by atoms with Crippen LogP contribution in [0.25, 0.3) is 10.8 Å². The molecule has 2 N–H and O–H groups in total. The van der Waals surface area contributed by atoms with Gasteiger partial charge in [-0.05, 0) is 12.1 Å². The SMILES string of the molecule is CNc1cnc(N(C)CCO)c2cc(Cl)ccc12. The van der Waals surface area contributed by atoms with E-state index in [4.69, 9.17) is 16.7 Å². The molecule has 2 rings (SSSR count). The van der Waals surface area contributed by atoms with E-state index in [1.807, 2.05) is 37.2 Å². The van der Waals surface area contributed by atoms with Gasteiger partial charge in [0.2, 0.25) is 0 Å². The highest BCUT2D eigenvalue weighted by Crippen LogP contribution is 2.31. The van der Waals surface area contributed by atoms with Crippen molar-refractivity contribution in [3.63, 3.8) is 0 Å². The topological polar surface area (TPSA) is 48.4 Å². The molecule has 0 spiro atoms. The van der Waals surface area contributed by atoms with E-state index in [2.05, 4.69) is 10.3 Å². The van der Waals surface area contributed by atoms with Crippen LogP contribution in [0.4, 0.5) is 11.5 Å². The minimum Gasteiger partial charge on any atom is -0.395 e. The molecule has 0 aliphatic carbocycles. The molecule has 0 radical (unpaired) electrons. The maximum Gasteiger partial charge on any atom is 0.136 e. The molecule has 1 aromatic carbocycles. The number of hydrogen-bond donors (Lipinski definition) is 2. The second-order valence-corrected chi connectivity index (χ2v) is 4.52. The highest BCUT2D eigenvalue weighted by molar-refractivity contribution is 6.31. The second-order valence-electron chi connectivity index (χ2n) is 4.08. The number of aliphatic hydroxyl groups excluding tert-OH is 1. The van der Waals surface area contributed by atoms with Crippen LogP contribution in [0, 0.1) is 0 Å². The van der Waals surface area contributed by atoms with Gasteiger partial charge in [-0.3, -0.25) is 0 Å². The number of nitrogens with one attached hydrogen (secondary N) is 1. The molecular formula is C13H16ClN3O. The van der Waals surface area contributed by atoms with Gasteiger partial charge in [0.25, 0.3) is 0 Å². The number of pyridine rings is 1. The van der Waals surface area contributed by atoms with Crippen LogP contribution < -0.4 is 10.2 Å². The van der Waals surface area contributed by atoms with Crippen molar-refractivity contribution < 1.29 is 5.11 Å². The van der Waals surface area contributed by atoms with E-state index in [1.165, 1.54) is 0 Å². The molecule has 96 valence electrons.